The predicted octanol–water partition coefficient (Wildman–Crippen LogP) is 1.55. The lowest BCUT2D eigenvalue weighted by Gasteiger charge is -2.22. The zero-order valence-corrected chi connectivity index (χ0v) is 15.7. The van der Waals surface area contributed by atoms with E-state index in [1.54, 1.807) is 13.0 Å². The highest BCUT2D eigenvalue weighted by molar-refractivity contribution is 5.79. The van der Waals surface area contributed by atoms with Crippen molar-refractivity contribution in [3.05, 3.63) is 29.8 Å². The first-order valence-corrected chi connectivity index (χ1v) is 8.85. The molecule has 0 saturated carbocycles. The molecule has 0 unspecified atom stereocenters. The van der Waals surface area contributed by atoms with E-state index in [1.165, 1.54) is 11.8 Å². The number of rotatable bonds is 11. The van der Waals surface area contributed by atoms with E-state index in [4.69, 9.17) is 9.47 Å². The highest BCUT2D eigenvalue weighted by atomic mass is 16.5. The molecule has 26 heavy (non-hydrogen) atoms. The second-order valence-corrected chi connectivity index (χ2v) is 5.71. The van der Waals surface area contributed by atoms with Crippen molar-refractivity contribution in [2.75, 3.05) is 32.8 Å². The van der Waals surface area contributed by atoms with Crippen LogP contribution in [0.4, 0.5) is 0 Å². The minimum absolute atomic E-state index is 0.102. The Labute approximate surface area is 154 Å². The van der Waals surface area contributed by atoms with Gasteiger partial charge >= 0.3 is 5.97 Å². The summed E-state index contributed by atoms with van der Waals surface area (Å²) < 4.78 is 10.5. The summed E-state index contributed by atoms with van der Waals surface area (Å²) >= 11 is 0. The Bertz CT molecular complexity index is 603. The second-order valence-electron chi connectivity index (χ2n) is 5.71. The van der Waals surface area contributed by atoms with Gasteiger partial charge < -0.3 is 19.7 Å². The highest BCUT2D eigenvalue weighted by Gasteiger charge is 2.16. The summed E-state index contributed by atoms with van der Waals surface area (Å²) in [6.45, 7) is 6.19. The molecule has 0 spiro atoms. The number of ether oxygens (including phenoxy) is 2. The van der Waals surface area contributed by atoms with E-state index >= 15 is 0 Å². The molecule has 144 valence electrons. The smallest absolute Gasteiger partial charge is 0.307 e. The molecule has 0 fully saturated rings. The van der Waals surface area contributed by atoms with Crippen molar-refractivity contribution in [3.63, 3.8) is 0 Å². The summed E-state index contributed by atoms with van der Waals surface area (Å²) in [5, 5.41) is 2.64. The van der Waals surface area contributed by atoms with Crippen molar-refractivity contribution >= 4 is 17.8 Å². The molecule has 1 aromatic rings. The van der Waals surface area contributed by atoms with Gasteiger partial charge in [0.05, 0.1) is 13.0 Å². The minimum Gasteiger partial charge on any atom is -0.484 e. The van der Waals surface area contributed by atoms with E-state index in [2.05, 4.69) is 5.32 Å². The summed E-state index contributed by atoms with van der Waals surface area (Å²) in [6.07, 6.45) is 0.985. The Kier molecular flexibility index (Phi) is 9.82. The lowest BCUT2D eigenvalue weighted by Crippen LogP contribution is -2.41. The molecule has 0 bridgehead atoms. The van der Waals surface area contributed by atoms with Crippen molar-refractivity contribution in [3.8, 4) is 5.75 Å². The van der Waals surface area contributed by atoms with Gasteiger partial charge in [-0.2, -0.15) is 0 Å². The predicted molar refractivity (Wildman–Crippen MR) is 97.8 cm³/mol. The molecule has 7 heteroatoms. The molecular formula is C19H28N2O5. The van der Waals surface area contributed by atoms with Crippen LogP contribution < -0.4 is 10.1 Å². The number of nitrogens with one attached hydrogen (secondary N) is 1. The van der Waals surface area contributed by atoms with Crippen LogP contribution in [-0.4, -0.2) is 55.5 Å². The SMILES string of the molecule is CCOC(=O)CCN(CCNC(C)=O)C(=O)COc1cccc(CC)c1. The molecule has 1 N–H and O–H groups in total. The number of amides is 2. The second kappa shape index (κ2) is 11.9. The Hall–Kier alpha value is -2.57. The van der Waals surface area contributed by atoms with Gasteiger partial charge in [0.15, 0.2) is 6.61 Å². The molecule has 0 atom stereocenters. The van der Waals surface area contributed by atoms with E-state index in [-0.39, 0.29) is 37.4 Å². The van der Waals surface area contributed by atoms with Crippen LogP contribution in [0.15, 0.2) is 24.3 Å². The molecule has 1 rings (SSSR count). The lowest BCUT2D eigenvalue weighted by atomic mass is 10.2. The van der Waals surface area contributed by atoms with Crippen LogP contribution in [0.1, 0.15) is 32.8 Å². The Morgan fingerprint density at radius 3 is 2.58 bits per heavy atom. The van der Waals surface area contributed by atoms with Crippen LogP contribution >= 0.6 is 0 Å². The fourth-order valence-corrected chi connectivity index (χ4v) is 2.28. The molecule has 0 aromatic heterocycles. The first kappa shape index (κ1) is 21.5. The number of nitrogens with zero attached hydrogens (tertiary/aromatic N) is 1. The number of hydrogen-bond donors (Lipinski definition) is 1. The van der Waals surface area contributed by atoms with Crippen LogP contribution in [0, 0.1) is 0 Å². The van der Waals surface area contributed by atoms with Gasteiger partial charge in [-0.1, -0.05) is 19.1 Å². The Morgan fingerprint density at radius 1 is 1.15 bits per heavy atom. The zero-order chi connectivity index (χ0) is 19.4. The van der Waals surface area contributed by atoms with Crippen LogP contribution in [0.25, 0.3) is 0 Å². The molecule has 0 heterocycles. The van der Waals surface area contributed by atoms with Crippen molar-refractivity contribution in [2.45, 2.75) is 33.6 Å². The third kappa shape index (κ3) is 8.50. The number of carbonyl (C=O) groups excluding carboxylic acids is 3. The van der Waals surface area contributed by atoms with Gasteiger partial charge in [0.25, 0.3) is 5.91 Å². The van der Waals surface area contributed by atoms with Gasteiger partial charge in [0.2, 0.25) is 5.91 Å². The Balaban J connectivity index is 2.59. The van der Waals surface area contributed by atoms with Gasteiger partial charge in [-0.15, -0.1) is 0 Å². The van der Waals surface area contributed by atoms with Gasteiger partial charge in [0, 0.05) is 26.6 Å². The van der Waals surface area contributed by atoms with Crippen LogP contribution in [0.3, 0.4) is 0 Å². The van der Waals surface area contributed by atoms with Gasteiger partial charge in [-0.3, -0.25) is 14.4 Å². The fourth-order valence-electron chi connectivity index (χ4n) is 2.28. The number of aryl methyl sites for hydroxylation is 1. The number of esters is 1. The van der Waals surface area contributed by atoms with Gasteiger partial charge in [0.1, 0.15) is 5.75 Å². The van der Waals surface area contributed by atoms with Crippen LogP contribution in [-0.2, 0) is 25.5 Å². The van der Waals surface area contributed by atoms with Crippen molar-refractivity contribution in [2.24, 2.45) is 0 Å². The van der Waals surface area contributed by atoms with E-state index in [9.17, 15) is 14.4 Å². The van der Waals surface area contributed by atoms with Crippen molar-refractivity contribution < 1.29 is 23.9 Å². The van der Waals surface area contributed by atoms with E-state index in [0.29, 0.717) is 25.4 Å². The molecule has 1 aromatic carbocycles. The molecular weight excluding hydrogens is 336 g/mol. The normalized spacial score (nSPS) is 10.1. The summed E-state index contributed by atoms with van der Waals surface area (Å²) in [4.78, 5) is 36.5. The lowest BCUT2D eigenvalue weighted by molar-refractivity contribution is -0.144. The van der Waals surface area contributed by atoms with Crippen molar-refractivity contribution in [1.29, 1.82) is 0 Å². The van der Waals surface area contributed by atoms with Gasteiger partial charge in [-0.25, -0.2) is 0 Å². The van der Waals surface area contributed by atoms with E-state index in [1.807, 2.05) is 25.1 Å². The monoisotopic (exact) mass is 364 g/mol. The maximum absolute atomic E-state index is 12.5. The van der Waals surface area contributed by atoms with Crippen LogP contribution in [0.2, 0.25) is 0 Å². The largest absolute Gasteiger partial charge is 0.484 e. The summed E-state index contributed by atoms with van der Waals surface area (Å²) in [5.74, 6) is -0.150. The molecule has 0 aliphatic carbocycles. The van der Waals surface area contributed by atoms with E-state index in [0.717, 1.165) is 12.0 Å². The van der Waals surface area contributed by atoms with Crippen molar-refractivity contribution in [1.82, 2.24) is 10.2 Å². The zero-order valence-electron chi connectivity index (χ0n) is 15.7. The highest BCUT2D eigenvalue weighted by Crippen LogP contribution is 2.13. The molecule has 2 amide bonds. The molecule has 0 saturated heterocycles. The standard InChI is InChI=1S/C19H28N2O5/c1-4-16-7-6-8-17(13-16)26-14-18(23)21(12-10-20-15(3)22)11-9-19(24)25-5-2/h6-8,13H,4-5,9-12,14H2,1-3H3,(H,20,22). The number of benzene rings is 1. The molecule has 0 aliphatic heterocycles. The number of carbonyl (C=O) groups is 3. The average Bonchev–Trinajstić information content (AvgIpc) is 2.62. The first-order valence-electron chi connectivity index (χ1n) is 8.85. The summed E-state index contributed by atoms with van der Waals surface area (Å²) in [6, 6.07) is 7.57. The molecule has 7 nitrogen and oxygen atoms in total. The Morgan fingerprint density at radius 2 is 1.92 bits per heavy atom. The fraction of sp³-hybridized carbons (Fsp3) is 0.526. The van der Waals surface area contributed by atoms with Crippen LogP contribution in [0.5, 0.6) is 5.75 Å². The third-order valence-corrected chi connectivity index (χ3v) is 3.67. The van der Waals surface area contributed by atoms with E-state index < -0.39 is 0 Å². The maximum atomic E-state index is 12.5. The molecule has 0 aliphatic rings. The maximum Gasteiger partial charge on any atom is 0.307 e. The first-order chi connectivity index (χ1) is 12.5. The average molecular weight is 364 g/mol. The minimum atomic E-state index is -0.360. The third-order valence-electron chi connectivity index (χ3n) is 3.67. The summed E-state index contributed by atoms with van der Waals surface area (Å²) in [5.41, 5.74) is 1.12. The van der Waals surface area contributed by atoms with Gasteiger partial charge in [-0.05, 0) is 31.0 Å². The number of hydrogen-bond acceptors (Lipinski definition) is 5. The topological polar surface area (TPSA) is 84.9 Å². The molecule has 0 radical (unpaired) electrons. The quantitative estimate of drug-likeness (QED) is 0.602. The summed E-state index contributed by atoms with van der Waals surface area (Å²) in [7, 11) is 0.